The number of urea groups is 1. The topological polar surface area (TPSA) is 58.6 Å². The van der Waals surface area contributed by atoms with Gasteiger partial charge in [0.2, 0.25) is 0 Å². The van der Waals surface area contributed by atoms with Crippen LogP contribution in [-0.4, -0.2) is 19.0 Å². The number of nitrogens with one attached hydrogen (secondary N) is 1. The Morgan fingerprint density at radius 3 is 2.80 bits per heavy atom. The molecule has 1 N–H and O–H groups in total. The summed E-state index contributed by atoms with van der Waals surface area (Å²) in [5, 5.41) is 4.58. The molecule has 102 valence electrons. The molecule has 1 unspecified atom stereocenters. The maximum atomic E-state index is 12.4. The van der Waals surface area contributed by atoms with Crippen LogP contribution in [0.2, 0.25) is 0 Å². The molecule has 1 saturated heterocycles. The quantitative estimate of drug-likeness (QED) is 0.883. The van der Waals surface area contributed by atoms with E-state index in [1.807, 2.05) is 17.5 Å². The minimum Gasteiger partial charge on any atom is -0.497 e. The van der Waals surface area contributed by atoms with E-state index in [-0.39, 0.29) is 5.91 Å². The highest BCUT2D eigenvalue weighted by Gasteiger charge is 2.40. The van der Waals surface area contributed by atoms with Crippen LogP contribution in [0.1, 0.15) is 10.9 Å². The molecular formula is C14H12N2O3S. The predicted molar refractivity (Wildman–Crippen MR) is 76.1 cm³/mol. The Morgan fingerprint density at radius 2 is 2.10 bits per heavy atom. The summed E-state index contributed by atoms with van der Waals surface area (Å²) in [5.74, 6) is 0.327. The molecule has 20 heavy (non-hydrogen) atoms. The largest absolute Gasteiger partial charge is 0.497 e. The highest BCUT2D eigenvalue weighted by atomic mass is 32.1. The number of methoxy groups -OCH3 is 1. The third kappa shape index (κ3) is 2.04. The SMILES string of the molecule is COc1cccc(N2C(=O)NC(c3cccs3)C2=O)c1. The lowest BCUT2D eigenvalue weighted by molar-refractivity contribution is -0.118. The molecular weight excluding hydrogens is 276 g/mol. The maximum absolute atomic E-state index is 12.4. The van der Waals surface area contributed by atoms with Gasteiger partial charge >= 0.3 is 6.03 Å². The van der Waals surface area contributed by atoms with Crippen molar-refractivity contribution in [2.45, 2.75) is 6.04 Å². The molecule has 1 aliphatic heterocycles. The summed E-state index contributed by atoms with van der Waals surface area (Å²) in [6.45, 7) is 0. The number of benzene rings is 1. The van der Waals surface area contributed by atoms with Crippen LogP contribution < -0.4 is 15.0 Å². The second kappa shape index (κ2) is 4.97. The molecule has 1 aromatic carbocycles. The van der Waals surface area contributed by atoms with Gasteiger partial charge in [0.15, 0.2) is 0 Å². The summed E-state index contributed by atoms with van der Waals surface area (Å²) < 4.78 is 5.12. The van der Waals surface area contributed by atoms with Crippen molar-refractivity contribution in [3.05, 3.63) is 46.7 Å². The third-order valence-electron chi connectivity index (χ3n) is 3.08. The van der Waals surface area contributed by atoms with E-state index >= 15 is 0 Å². The van der Waals surface area contributed by atoms with Crippen LogP contribution in [0.4, 0.5) is 10.5 Å². The fraction of sp³-hybridized carbons (Fsp3) is 0.143. The molecule has 5 nitrogen and oxygen atoms in total. The minimum absolute atomic E-state index is 0.272. The molecule has 1 aliphatic rings. The van der Waals surface area contributed by atoms with Crippen molar-refractivity contribution in [3.63, 3.8) is 0 Å². The van der Waals surface area contributed by atoms with Gasteiger partial charge in [-0.05, 0) is 23.6 Å². The van der Waals surface area contributed by atoms with Gasteiger partial charge in [0.05, 0.1) is 12.8 Å². The zero-order chi connectivity index (χ0) is 14.1. The number of amides is 3. The van der Waals surface area contributed by atoms with Crippen LogP contribution in [-0.2, 0) is 4.79 Å². The molecule has 0 spiro atoms. The van der Waals surface area contributed by atoms with Crippen molar-refractivity contribution in [3.8, 4) is 5.75 Å². The van der Waals surface area contributed by atoms with Gasteiger partial charge < -0.3 is 10.1 Å². The van der Waals surface area contributed by atoms with Gasteiger partial charge in [-0.1, -0.05) is 12.1 Å². The fourth-order valence-electron chi connectivity index (χ4n) is 2.12. The van der Waals surface area contributed by atoms with Crippen LogP contribution >= 0.6 is 11.3 Å². The molecule has 0 bridgehead atoms. The molecule has 2 heterocycles. The fourth-order valence-corrected chi connectivity index (χ4v) is 2.89. The molecule has 6 heteroatoms. The lowest BCUT2D eigenvalue weighted by Crippen LogP contribution is -2.30. The lowest BCUT2D eigenvalue weighted by Gasteiger charge is -2.13. The van der Waals surface area contributed by atoms with E-state index in [0.29, 0.717) is 11.4 Å². The van der Waals surface area contributed by atoms with Gasteiger partial charge in [-0.25, -0.2) is 9.69 Å². The summed E-state index contributed by atoms with van der Waals surface area (Å²) in [7, 11) is 1.54. The number of rotatable bonds is 3. The van der Waals surface area contributed by atoms with E-state index in [9.17, 15) is 9.59 Å². The highest BCUT2D eigenvalue weighted by Crippen LogP contribution is 2.30. The number of thiophene rings is 1. The van der Waals surface area contributed by atoms with E-state index in [1.165, 1.54) is 11.3 Å². The number of anilines is 1. The number of imide groups is 1. The summed E-state index contributed by atoms with van der Waals surface area (Å²) >= 11 is 1.44. The van der Waals surface area contributed by atoms with E-state index in [1.54, 1.807) is 31.4 Å². The van der Waals surface area contributed by atoms with Gasteiger partial charge in [0, 0.05) is 10.9 Å². The molecule has 0 saturated carbocycles. The molecule has 1 aromatic heterocycles. The summed E-state index contributed by atoms with van der Waals surface area (Å²) in [6, 6.07) is 9.54. The maximum Gasteiger partial charge on any atom is 0.329 e. The van der Waals surface area contributed by atoms with E-state index in [0.717, 1.165) is 9.78 Å². The van der Waals surface area contributed by atoms with E-state index in [2.05, 4.69) is 5.32 Å². The number of hydrogen-bond donors (Lipinski definition) is 1. The first-order valence-corrected chi connectivity index (χ1v) is 6.90. The molecule has 3 rings (SSSR count). The van der Waals surface area contributed by atoms with Crippen LogP contribution in [0.5, 0.6) is 5.75 Å². The van der Waals surface area contributed by atoms with Crippen LogP contribution in [0, 0.1) is 0 Å². The zero-order valence-electron chi connectivity index (χ0n) is 10.7. The second-order valence-electron chi connectivity index (χ2n) is 4.27. The number of ether oxygens (including phenoxy) is 1. The Morgan fingerprint density at radius 1 is 1.25 bits per heavy atom. The monoisotopic (exact) mass is 288 g/mol. The van der Waals surface area contributed by atoms with Crippen molar-refractivity contribution >= 4 is 29.0 Å². The first-order chi connectivity index (χ1) is 9.70. The Labute approximate surface area is 119 Å². The minimum atomic E-state index is -0.603. The highest BCUT2D eigenvalue weighted by molar-refractivity contribution is 7.10. The summed E-state index contributed by atoms with van der Waals surface area (Å²) in [6.07, 6.45) is 0. The van der Waals surface area contributed by atoms with Crippen molar-refractivity contribution in [1.29, 1.82) is 0 Å². The first-order valence-electron chi connectivity index (χ1n) is 6.02. The number of nitrogens with zero attached hydrogens (tertiary/aromatic N) is 1. The number of carbonyl (C=O) groups excluding carboxylic acids is 2. The summed E-state index contributed by atoms with van der Waals surface area (Å²) in [4.78, 5) is 26.4. The third-order valence-corrected chi connectivity index (χ3v) is 4.01. The van der Waals surface area contributed by atoms with Crippen LogP contribution in [0.25, 0.3) is 0 Å². The predicted octanol–water partition coefficient (Wildman–Crippen LogP) is 2.55. The Hall–Kier alpha value is -2.34. The standard InChI is InChI=1S/C14H12N2O3S/c1-19-10-5-2-4-9(8-10)16-13(17)12(15-14(16)18)11-6-3-7-20-11/h2-8,12H,1H3,(H,15,18). The second-order valence-corrected chi connectivity index (χ2v) is 5.25. The van der Waals surface area contributed by atoms with Gasteiger partial charge in [-0.2, -0.15) is 0 Å². The van der Waals surface area contributed by atoms with Crippen LogP contribution in [0.15, 0.2) is 41.8 Å². The normalized spacial score (nSPS) is 18.2. The smallest absolute Gasteiger partial charge is 0.329 e. The van der Waals surface area contributed by atoms with Crippen LogP contribution in [0.3, 0.4) is 0 Å². The van der Waals surface area contributed by atoms with Gasteiger partial charge in [0.25, 0.3) is 5.91 Å². The van der Waals surface area contributed by atoms with Crippen molar-refractivity contribution in [1.82, 2.24) is 5.32 Å². The van der Waals surface area contributed by atoms with Gasteiger partial charge in [0.1, 0.15) is 11.8 Å². The zero-order valence-corrected chi connectivity index (χ0v) is 11.5. The Bertz CT molecular complexity index is 654. The van der Waals surface area contributed by atoms with Gasteiger partial charge in [-0.3, -0.25) is 4.79 Å². The first kappa shape index (κ1) is 12.7. The van der Waals surface area contributed by atoms with E-state index in [4.69, 9.17) is 4.74 Å². The lowest BCUT2D eigenvalue weighted by atomic mass is 10.2. The number of hydrogen-bond acceptors (Lipinski definition) is 4. The van der Waals surface area contributed by atoms with E-state index < -0.39 is 12.1 Å². The molecule has 1 fully saturated rings. The van der Waals surface area contributed by atoms with Crippen molar-refractivity contribution in [2.24, 2.45) is 0 Å². The van der Waals surface area contributed by atoms with Crippen molar-refractivity contribution < 1.29 is 14.3 Å². The number of carbonyl (C=O) groups is 2. The average molecular weight is 288 g/mol. The Kier molecular flexibility index (Phi) is 3.15. The summed E-state index contributed by atoms with van der Waals surface area (Å²) in [5.41, 5.74) is 0.505. The molecule has 2 aromatic rings. The molecule has 0 aliphatic carbocycles. The Balaban J connectivity index is 1.94. The molecule has 0 radical (unpaired) electrons. The van der Waals surface area contributed by atoms with Gasteiger partial charge in [-0.15, -0.1) is 11.3 Å². The molecule has 3 amide bonds. The molecule has 1 atom stereocenters. The van der Waals surface area contributed by atoms with Crippen molar-refractivity contribution in [2.75, 3.05) is 12.0 Å². The average Bonchev–Trinajstić information content (AvgIpc) is 3.07.